The second-order valence-corrected chi connectivity index (χ2v) is 5.70. The molecule has 24 heavy (non-hydrogen) atoms. The van der Waals surface area contributed by atoms with E-state index in [-0.39, 0.29) is 5.91 Å². The van der Waals surface area contributed by atoms with Gasteiger partial charge in [-0.25, -0.2) is 0 Å². The van der Waals surface area contributed by atoms with E-state index < -0.39 is 0 Å². The van der Waals surface area contributed by atoms with Gasteiger partial charge in [-0.3, -0.25) is 4.79 Å². The van der Waals surface area contributed by atoms with Crippen molar-refractivity contribution in [2.24, 2.45) is 0 Å². The van der Waals surface area contributed by atoms with Crippen molar-refractivity contribution < 1.29 is 9.53 Å². The zero-order valence-electron chi connectivity index (χ0n) is 13.8. The number of ether oxygens (including phenoxy) is 1. The summed E-state index contributed by atoms with van der Waals surface area (Å²) in [5.74, 6) is 0.877. The molecule has 3 aromatic rings. The first-order valence-corrected chi connectivity index (χ1v) is 7.79. The van der Waals surface area contributed by atoms with Gasteiger partial charge in [0.05, 0.1) is 13.5 Å². The number of rotatable bonds is 6. The minimum absolute atomic E-state index is 0.0818. The molecule has 0 aliphatic rings. The molecule has 0 saturated carbocycles. The fraction of sp³-hybridized carbons (Fsp3) is 0.278. The number of likely N-dealkylation sites (N-methyl/N-ethyl adjacent to an activating group) is 1. The molecule has 1 heterocycles. The van der Waals surface area contributed by atoms with Gasteiger partial charge in [0.25, 0.3) is 0 Å². The van der Waals surface area contributed by atoms with Crippen LogP contribution in [0.25, 0.3) is 10.8 Å². The number of aromatic nitrogens is 3. The molecule has 0 unspecified atom stereocenters. The number of carbonyl (C=O) groups excluding carboxylic acids is 1. The Balaban J connectivity index is 1.72. The summed E-state index contributed by atoms with van der Waals surface area (Å²) in [5.41, 5.74) is 1.01. The Morgan fingerprint density at radius 2 is 2.00 bits per heavy atom. The molecule has 0 aliphatic heterocycles. The van der Waals surface area contributed by atoms with Crippen LogP contribution in [0.15, 0.2) is 49.1 Å². The molecule has 6 heteroatoms. The number of fused-ring (bicyclic) bond motifs is 1. The van der Waals surface area contributed by atoms with Crippen LogP contribution in [0, 0.1) is 0 Å². The molecule has 0 fully saturated rings. The highest BCUT2D eigenvalue weighted by Crippen LogP contribution is 2.24. The smallest absolute Gasteiger partial charge is 0.226 e. The lowest BCUT2D eigenvalue weighted by Gasteiger charge is -2.18. The van der Waals surface area contributed by atoms with Gasteiger partial charge in [-0.2, -0.15) is 0 Å². The zero-order valence-corrected chi connectivity index (χ0v) is 13.8. The summed E-state index contributed by atoms with van der Waals surface area (Å²) >= 11 is 0. The van der Waals surface area contributed by atoms with Crippen molar-refractivity contribution in [3.8, 4) is 5.75 Å². The maximum absolute atomic E-state index is 12.5. The largest absolute Gasteiger partial charge is 0.497 e. The van der Waals surface area contributed by atoms with E-state index in [2.05, 4.69) is 10.2 Å². The molecule has 0 radical (unpaired) electrons. The maximum Gasteiger partial charge on any atom is 0.226 e. The number of hydrogen-bond donors (Lipinski definition) is 0. The molecule has 124 valence electrons. The first-order chi connectivity index (χ1) is 11.7. The van der Waals surface area contributed by atoms with Crippen LogP contribution in [0.4, 0.5) is 0 Å². The van der Waals surface area contributed by atoms with Crippen LogP contribution >= 0.6 is 0 Å². The predicted molar refractivity (Wildman–Crippen MR) is 91.9 cm³/mol. The summed E-state index contributed by atoms with van der Waals surface area (Å²) in [5, 5.41) is 9.68. The Hall–Kier alpha value is -2.89. The highest BCUT2D eigenvalue weighted by molar-refractivity contribution is 5.91. The van der Waals surface area contributed by atoms with Crippen LogP contribution in [-0.4, -0.2) is 46.3 Å². The van der Waals surface area contributed by atoms with Gasteiger partial charge in [-0.1, -0.05) is 24.3 Å². The van der Waals surface area contributed by atoms with Gasteiger partial charge >= 0.3 is 0 Å². The molecule has 1 amide bonds. The highest BCUT2D eigenvalue weighted by Gasteiger charge is 2.12. The summed E-state index contributed by atoms with van der Waals surface area (Å²) in [6.07, 6.45) is 3.66. The number of nitrogens with zero attached hydrogens (tertiary/aromatic N) is 4. The Morgan fingerprint density at radius 1 is 1.21 bits per heavy atom. The van der Waals surface area contributed by atoms with Crippen molar-refractivity contribution in [3.63, 3.8) is 0 Å². The van der Waals surface area contributed by atoms with Gasteiger partial charge in [0.15, 0.2) is 0 Å². The molecule has 3 rings (SSSR count). The van der Waals surface area contributed by atoms with Crippen molar-refractivity contribution in [1.29, 1.82) is 0 Å². The third kappa shape index (κ3) is 3.53. The van der Waals surface area contributed by atoms with Crippen LogP contribution in [-0.2, 0) is 17.8 Å². The van der Waals surface area contributed by atoms with Crippen LogP contribution in [0.3, 0.4) is 0 Å². The lowest BCUT2D eigenvalue weighted by molar-refractivity contribution is -0.129. The van der Waals surface area contributed by atoms with Gasteiger partial charge in [0.2, 0.25) is 5.91 Å². The third-order valence-electron chi connectivity index (χ3n) is 4.11. The highest BCUT2D eigenvalue weighted by atomic mass is 16.5. The molecule has 0 aliphatic carbocycles. The Labute approximate surface area is 140 Å². The summed E-state index contributed by atoms with van der Waals surface area (Å²) in [7, 11) is 3.46. The second-order valence-electron chi connectivity index (χ2n) is 5.70. The Morgan fingerprint density at radius 3 is 2.75 bits per heavy atom. The van der Waals surface area contributed by atoms with E-state index in [1.807, 2.05) is 48.0 Å². The quantitative estimate of drug-likeness (QED) is 0.697. The van der Waals surface area contributed by atoms with E-state index in [1.165, 1.54) is 0 Å². The number of methoxy groups -OCH3 is 1. The monoisotopic (exact) mass is 324 g/mol. The minimum Gasteiger partial charge on any atom is -0.497 e. The van der Waals surface area contributed by atoms with Crippen molar-refractivity contribution >= 4 is 16.7 Å². The van der Waals surface area contributed by atoms with E-state index in [9.17, 15) is 4.79 Å². The first kappa shape index (κ1) is 16.0. The minimum atomic E-state index is 0.0818. The van der Waals surface area contributed by atoms with Gasteiger partial charge in [-0.15, -0.1) is 10.2 Å². The summed E-state index contributed by atoms with van der Waals surface area (Å²) in [6.45, 7) is 1.30. The summed E-state index contributed by atoms with van der Waals surface area (Å²) in [4.78, 5) is 14.3. The number of benzene rings is 2. The Kier molecular flexibility index (Phi) is 4.74. The fourth-order valence-electron chi connectivity index (χ4n) is 2.62. The number of hydrogen-bond acceptors (Lipinski definition) is 4. The fourth-order valence-corrected chi connectivity index (χ4v) is 2.62. The molecule has 1 aromatic heterocycles. The molecule has 0 bridgehead atoms. The third-order valence-corrected chi connectivity index (χ3v) is 4.11. The van der Waals surface area contributed by atoms with Crippen LogP contribution < -0.4 is 4.74 Å². The number of amides is 1. The topological polar surface area (TPSA) is 60.2 Å². The maximum atomic E-state index is 12.5. The van der Waals surface area contributed by atoms with Crippen molar-refractivity contribution in [2.75, 3.05) is 20.7 Å². The average Bonchev–Trinajstić information content (AvgIpc) is 3.13. The van der Waals surface area contributed by atoms with Crippen LogP contribution in [0.5, 0.6) is 5.75 Å². The van der Waals surface area contributed by atoms with Crippen LogP contribution in [0.1, 0.15) is 5.56 Å². The van der Waals surface area contributed by atoms with E-state index in [1.54, 1.807) is 24.7 Å². The standard InChI is InChI=1S/C18H20N4O2/c1-21(8-9-22-12-19-20-13-22)18(23)10-15-5-3-4-14-6-7-16(24-2)11-17(14)15/h3-7,11-13H,8-10H2,1-2H3. The molecule has 0 N–H and O–H groups in total. The van der Waals surface area contributed by atoms with Crippen molar-refractivity contribution in [1.82, 2.24) is 19.7 Å². The average molecular weight is 324 g/mol. The molecular formula is C18H20N4O2. The van der Waals surface area contributed by atoms with Gasteiger partial charge in [-0.05, 0) is 28.5 Å². The first-order valence-electron chi connectivity index (χ1n) is 7.79. The molecule has 0 saturated heterocycles. The summed E-state index contributed by atoms with van der Waals surface area (Å²) < 4.78 is 7.15. The Bertz CT molecular complexity index is 830. The van der Waals surface area contributed by atoms with Crippen molar-refractivity contribution in [2.45, 2.75) is 13.0 Å². The van der Waals surface area contributed by atoms with E-state index in [0.717, 1.165) is 22.1 Å². The SMILES string of the molecule is COc1ccc2cccc(CC(=O)N(C)CCn3cnnc3)c2c1. The van der Waals surface area contributed by atoms with E-state index >= 15 is 0 Å². The van der Waals surface area contributed by atoms with Crippen LogP contribution in [0.2, 0.25) is 0 Å². The van der Waals surface area contributed by atoms with E-state index in [0.29, 0.717) is 19.5 Å². The normalized spacial score (nSPS) is 10.8. The lowest BCUT2D eigenvalue weighted by Crippen LogP contribution is -2.31. The molecule has 2 aromatic carbocycles. The summed E-state index contributed by atoms with van der Waals surface area (Å²) in [6, 6.07) is 11.9. The lowest BCUT2D eigenvalue weighted by atomic mass is 10.0. The second kappa shape index (κ2) is 7.12. The van der Waals surface area contributed by atoms with Gasteiger partial charge in [0, 0.05) is 20.1 Å². The molecule has 6 nitrogen and oxygen atoms in total. The van der Waals surface area contributed by atoms with Gasteiger partial charge < -0.3 is 14.2 Å². The zero-order chi connectivity index (χ0) is 16.9. The van der Waals surface area contributed by atoms with Crippen molar-refractivity contribution in [3.05, 3.63) is 54.6 Å². The van der Waals surface area contributed by atoms with E-state index in [4.69, 9.17) is 4.74 Å². The molecule has 0 atom stereocenters. The number of carbonyl (C=O) groups is 1. The van der Waals surface area contributed by atoms with Gasteiger partial charge in [0.1, 0.15) is 18.4 Å². The molecule has 0 spiro atoms. The predicted octanol–water partition coefficient (Wildman–Crippen LogP) is 2.14. The molecular weight excluding hydrogens is 304 g/mol.